The summed E-state index contributed by atoms with van der Waals surface area (Å²) in [4.78, 5) is 23.3. The number of benzene rings is 2. The largest absolute Gasteiger partial charge is 0.355 e. The normalized spacial score (nSPS) is 10.2. The number of nitriles is 1. The van der Waals surface area contributed by atoms with Crippen LogP contribution in [-0.2, 0) is 11.3 Å². The molecule has 2 aromatic carbocycles. The molecule has 0 unspecified atom stereocenters. The third kappa shape index (κ3) is 4.82. The van der Waals surface area contributed by atoms with Gasteiger partial charge in [-0.2, -0.15) is 5.26 Å². The number of nitrogens with zero attached hydrogens (tertiary/aromatic N) is 1. The molecule has 0 aliphatic heterocycles. The van der Waals surface area contributed by atoms with Crippen LogP contribution in [0.25, 0.3) is 6.08 Å². The second-order valence-electron chi connectivity index (χ2n) is 5.06. The number of hydrogen-bond acceptors (Lipinski definition) is 3. The van der Waals surface area contributed by atoms with Crippen molar-refractivity contribution >= 4 is 17.9 Å². The molecule has 0 aliphatic carbocycles. The second-order valence-corrected chi connectivity index (χ2v) is 5.06. The van der Waals surface area contributed by atoms with Gasteiger partial charge >= 0.3 is 0 Å². The highest BCUT2D eigenvalue weighted by Crippen LogP contribution is 2.06. The van der Waals surface area contributed by atoms with E-state index < -0.39 is 0 Å². The predicted octanol–water partition coefficient (Wildman–Crippen LogP) is 2.25. The van der Waals surface area contributed by atoms with Crippen LogP contribution in [-0.4, -0.2) is 18.9 Å². The van der Waals surface area contributed by atoms with E-state index in [-0.39, 0.29) is 11.8 Å². The maximum atomic E-state index is 11.8. The zero-order valence-electron chi connectivity index (χ0n) is 13.2. The molecule has 5 heteroatoms. The first kappa shape index (κ1) is 17.0. The van der Waals surface area contributed by atoms with Crippen LogP contribution in [0.5, 0.6) is 0 Å². The second kappa shape index (κ2) is 8.30. The number of nitrogens with one attached hydrogen (secondary N) is 2. The fourth-order valence-corrected chi connectivity index (χ4v) is 2.01. The van der Waals surface area contributed by atoms with Crippen LogP contribution in [0.4, 0.5) is 0 Å². The highest BCUT2D eigenvalue weighted by molar-refractivity contribution is 5.94. The monoisotopic (exact) mass is 319 g/mol. The Balaban J connectivity index is 1.88. The van der Waals surface area contributed by atoms with Gasteiger partial charge in [-0.25, -0.2) is 0 Å². The van der Waals surface area contributed by atoms with Gasteiger partial charge in [-0.05, 0) is 41.5 Å². The Hall–Kier alpha value is -3.39. The number of rotatable bonds is 5. The SMILES string of the molecule is CNC(=O)c1ccc(/C=C/C(=O)NCc2ccc(C#N)cc2)cc1. The lowest BCUT2D eigenvalue weighted by Gasteiger charge is -2.03. The van der Waals surface area contributed by atoms with Gasteiger partial charge in [-0.3, -0.25) is 9.59 Å². The summed E-state index contributed by atoms with van der Waals surface area (Å²) < 4.78 is 0. The summed E-state index contributed by atoms with van der Waals surface area (Å²) in [6.07, 6.45) is 3.13. The van der Waals surface area contributed by atoms with Crippen LogP contribution >= 0.6 is 0 Å². The minimum Gasteiger partial charge on any atom is -0.355 e. The van der Waals surface area contributed by atoms with Gasteiger partial charge in [0.05, 0.1) is 11.6 Å². The average molecular weight is 319 g/mol. The molecule has 0 fully saturated rings. The predicted molar refractivity (Wildman–Crippen MR) is 91.9 cm³/mol. The molecule has 2 rings (SSSR count). The molecule has 24 heavy (non-hydrogen) atoms. The van der Waals surface area contributed by atoms with Crippen molar-refractivity contribution in [2.24, 2.45) is 0 Å². The van der Waals surface area contributed by atoms with Crippen LogP contribution in [0.1, 0.15) is 27.0 Å². The lowest BCUT2D eigenvalue weighted by Crippen LogP contribution is -2.20. The molecule has 0 atom stereocenters. The number of carbonyl (C=O) groups is 2. The van der Waals surface area contributed by atoms with Crippen LogP contribution in [0, 0.1) is 11.3 Å². The van der Waals surface area contributed by atoms with Crippen LogP contribution < -0.4 is 10.6 Å². The lowest BCUT2D eigenvalue weighted by atomic mass is 10.1. The molecule has 0 saturated heterocycles. The van der Waals surface area contributed by atoms with E-state index in [4.69, 9.17) is 5.26 Å². The quantitative estimate of drug-likeness (QED) is 0.829. The third-order valence-corrected chi connectivity index (χ3v) is 3.38. The van der Waals surface area contributed by atoms with Gasteiger partial charge in [0, 0.05) is 25.2 Å². The molecule has 0 aliphatic rings. The summed E-state index contributed by atoms with van der Waals surface area (Å²) in [6.45, 7) is 0.393. The van der Waals surface area contributed by atoms with E-state index in [1.54, 1.807) is 61.7 Å². The Morgan fingerprint density at radius 2 is 1.75 bits per heavy atom. The van der Waals surface area contributed by atoms with Gasteiger partial charge in [0.15, 0.2) is 0 Å². The van der Waals surface area contributed by atoms with Gasteiger partial charge in [-0.1, -0.05) is 24.3 Å². The molecule has 5 nitrogen and oxygen atoms in total. The first-order valence-corrected chi connectivity index (χ1v) is 7.39. The Kier molecular flexibility index (Phi) is 5.87. The van der Waals surface area contributed by atoms with Crippen molar-refractivity contribution in [1.29, 1.82) is 5.26 Å². The Morgan fingerprint density at radius 1 is 1.08 bits per heavy atom. The van der Waals surface area contributed by atoms with Crippen LogP contribution in [0.15, 0.2) is 54.6 Å². The zero-order chi connectivity index (χ0) is 17.4. The standard InChI is InChI=1S/C19H17N3O2/c1-21-19(24)17-9-6-14(7-10-17)8-11-18(23)22-13-16-4-2-15(12-20)3-5-16/h2-11H,13H2,1H3,(H,21,24)(H,22,23)/b11-8+. The molecular weight excluding hydrogens is 302 g/mol. The summed E-state index contributed by atoms with van der Waals surface area (Å²) in [7, 11) is 1.58. The van der Waals surface area contributed by atoms with E-state index in [0.717, 1.165) is 11.1 Å². The van der Waals surface area contributed by atoms with Gasteiger partial charge in [-0.15, -0.1) is 0 Å². The minimum atomic E-state index is -0.213. The fraction of sp³-hybridized carbons (Fsp3) is 0.105. The van der Waals surface area contributed by atoms with E-state index in [1.807, 2.05) is 6.07 Å². The van der Waals surface area contributed by atoms with Crippen molar-refractivity contribution in [1.82, 2.24) is 10.6 Å². The van der Waals surface area contributed by atoms with E-state index in [1.165, 1.54) is 6.08 Å². The van der Waals surface area contributed by atoms with Crippen molar-refractivity contribution in [3.8, 4) is 6.07 Å². The summed E-state index contributed by atoms with van der Waals surface area (Å²) in [5.74, 6) is -0.361. The molecule has 0 spiro atoms. The maximum Gasteiger partial charge on any atom is 0.251 e. The van der Waals surface area contributed by atoms with Gasteiger partial charge < -0.3 is 10.6 Å². The summed E-state index contributed by atoms with van der Waals surface area (Å²) in [6, 6.07) is 16.0. The fourth-order valence-electron chi connectivity index (χ4n) is 2.01. The topological polar surface area (TPSA) is 82.0 Å². The van der Waals surface area contributed by atoms with Crippen LogP contribution in [0.2, 0.25) is 0 Å². The smallest absolute Gasteiger partial charge is 0.251 e. The molecule has 120 valence electrons. The van der Waals surface area contributed by atoms with Gasteiger partial charge in [0.2, 0.25) is 5.91 Å². The van der Waals surface area contributed by atoms with Crippen molar-refractivity contribution in [3.05, 3.63) is 76.9 Å². The third-order valence-electron chi connectivity index (χ3n) is 3.38. The molecule has 2 amide bonds. The van der Waals surface area contributed by atoms with E-state index in [9.17, 15) is 9.59 Å². The van der Waals surface area contributed by atoms with Crippen molar-refractivity contribution in [3.63, 3.8) is 0 Å². The molecule has 0 aromatic heterocycles. The van der Waals surface area contributed by atoms with E-state index in [0.29, 0.717) is 17.7 Å². The Labute approximate surface area is 140 Å². The van der Waals surface area contributed by atoms with E-state index in [2.05, 4.69) is 10.6 Å². The molecular formula is C19H17N3O2. The first-order valence-electron chi connectivity index (χ1n) is 7.39. The maximum absolute atomic E-state index is 11.8. The van der Waals surface area contributed by atoms with Crippen molar-refractivity contribution < 1.29 is 9.59 Å². The number of hydrogen-bond donors (Lipinski definition) is 2. The highest BCUT2D eigenvalue weighted by atomic mass is 16.2. The lowest BCUT2D eigenvalue weighted by molar-refractivity contribution is -0.116. The molecule has 0 bridgehead atoms. The molecule has 0 radical (unpaired) electrons. The Bertz CT molecular complexity index is 785. The highest BCUT2D eigenvalue weighted by Gasteiger charge is 2.01. The molecule has 2 N–H and O–H groups in total. The van der Waals surface area contributed by atoms with Crippen molar-refractivity contribution in [2.75, 3.05) is 7.05 Å². The number of carbonyl (C=O) groups excluding carboxylic acids is 2. The zero-order valence-corrected chi connectivity index (χ0v) is 13.2. The Morgan fingerprint density at radius 3 is 2.33 bits per heavy atom. The summed E-state index contributed by atoms with van der Waals surface area (Å²) >= 11 is 0. The average Bonchev–Trinajstić information content (AvgIpc) is 2.64. The van der Waals surface area contributed by atoms with Crippen molar-refractivity contribution in [2.45, 2.75) is 6.54 Å². The summed E-state index contributed by atoms with van der Waals surface area (Å²) in [5, 5.41) is 14.1. The molecule has 0 saturated carbocycles. The van der Waals surface area contributed by atoms with E-state index >= 15 is 0 Å². The molecule has 2 aromatic rings. The summed E-state index contributed by atoms with van der Waals surface area (Å²) in [5.41, 5.74) is 2.91. The van der Waals surface area contributed by atoms with Gasteiger partial charge in [0.1, 0.15) is 0 Å². The minimum absolute atomic E-state index is 0.148. The first-order chi connectivity index (χ1) is 11.6. The van der Waals surface area contributed by atoms with Gasteiger partial charge in [0.25, 0.3) is 5.91 Å². The van der Waals surface area contributed by atoms with Crippen LogP contribution in [0.3, 0.4) is 0 Å². The molecule has 0 heterocycles. The number of amides is 2.